The van der Waals surface area contributed by atoms with Gasteiger partial charge in [-0.25, -0.2) is 9.78 Å². The van der Waals surface area contributed by atoms with Crippen molar-refractivity contribution < 1.29 is 14.7 Å². The average molecular weight is 266 g/mol. The largest absolute Gasteiger partial charge is 0.477 e. The zero-order valence-electron chi connectivity index (χ0n) is 10.8. The van der Waals surface area contributed by atoms with Crippen LogP contribution < -0.4 is 5.32 Å². The number of hydrogen-bond acceptors (Lipinski definition) is 4. The predicted octanol–water partition coefficient (Wildman–Crippen LogP) is 0.179. The Morgan fingerprint density at radius 3 is 3.11 bits per heavy atom. The molecule has 1 atom stereocenters. The fourth-order valence-corrected chi connectivity index (χ4v) is 2.47. The maximum atomic E-state index is 12.3. The molecule has 0 aliphatic carbocycles. The zero-order chi connectivity index (χ0) is 13.8. The Hall–Kier alpha value is -1.89. The van der Waals surface area contributed by atoms with Crippen molar-refractivity contribution in [3.63, 3.8) is 0 Å². The van der Waals surface area contributed by atoms with Gasteiger partial charge in [0.15, 0.2) is 11.4 Å². The van der Waals surface area contributed by atoms with E-state index in [0.717, 1.165) is 19.4 Å². The number of aromatic amines is 1. The maximum absolute atomic E-state index is 12.3. The highest BCUT2D eigenvalue weighted by molar-refractivity contribution is 6.02. The van der Waals surface area contributed by atoms with Gasteiger partial charge in [-0.05, 0) is 32.4 Å². The molecule has 2 rings (SSSR count). The molecule has 7 nitrogen and oxygen atoms in total. The third-order valence-corrected chi connectivity index (χ3v) is 3.35. The van der Waals surface area contributed by atoms with Crippen molar-refractivity contribution in [1.29, 1.82) is 0 Å². The van der Waals surface area contributed by atoms with E-state index in [0.29, 0.717) is 19.0 Å². The van der Waals surface area contributed by atoms with E-state index in [9.17, 15) is 9.59 Å². The number of nitrogens with zero attached hydrogens (tertiary/aromatic N) is 2. The minimum atomic E-state index is -1.16. The Morgan fingerprint density at radius 2 is 2.42 bits per heavy atom. The number of rotatable bonds is 4. The van der Waals surface area contributed by atoms with E-state index >= 15 is 0 Å². The van der Waals surface area contributed by atoms with Gasteiger partial charge >= 0.3 is 5.97 Å². The fourth-order valence-electron chi connectivity index (χ4n) is 2.47. The number of carboxylic acid groups (broad SMARTS) is 1. The number of carbonyl (C=O) groups excluding carboxylic acids is 1. The number of nitrogens with one attached hydrogen (secondary N) is 2. The molecule has 19 heavy (non-hydrogen) atoms. The van der Waals surface area contributed by atoms with E-state index in [1.165, 1.54) is 6.33 Å². The summed E-state index contributed by atoms with van der Waals surface area (Å²) in [4.78, 5) is 31.3. The number of hydrogen-bond donors (Lipinski definition) is 3. The summed E-state index contributed by atoms with van der Waals surface area (Å²) in [6.45, 7) is 2.16. The van der Waals surface area contributed by atoms with Crippen molar-refractivity contribution in [2.45, 2.75) is 12.8 Å². The first-order valence-electron chi connectivity index (χ1n) is 6.34. The van der Waals surface area contributed by atoms with Crippen molar-refractivity contribution in [3.05, 3.63) is 17.7 Å². The van der Waals surface area contributed by atoms with Gasteiger partial charge in [-0.3, -0.25) is 4.79 Å². The Balaban J connectivity index is 2.10. The normalized spacial score (nSPS) is 19.4. The van der Waals surface area contributed by atoms with E-state index in [4.69, 9.17) is 5.11 Å². The number of aromatic carboxylic acids is 1. The summed E-state index contributed by atoms with van der Waals surface area (Å²) in [6.07, 6.45) is 3.26. The van der Waals surface area contributed by atoms with Crippen LogP contribution in [0.25, 0.3) is 0 Å². The molecule has 0 saturated carbocycles. The molecule has 0 radical (unpaired) electrons. The van der Waals surface area contributed by atoms with Crippen LogP contribution in [0, 0.1) is 5.92 Å². The molecular formula is C12H18N4O3. The number of carboxylic acids is 1. The Kier molecular flexibility index (Phi) is 4.16. The molecule has 1 amide bonds. The molecule has 1 fully saturated rings. The minimum Gasteiger partial charge on any atom is -0.477 e. The standard InChI is InChI=1S/C12H18N4O3/c1-13-5-8-3-2-4-16(6-8)11(17)9-10(12(18)19)15-7-14-9/h7-8,13H,2-6H2,1H3,(H,14,15)(H,18,19). The number of piperidine rings is 1. The molecule has 1 aromatic rings. The van der Waals surface area contributed by atoms with Crippen LogP contribution in [0.4, 0.5) is 0 Å². The third kappa shape index (κ3) is 2.93. The van der Waals surface area contributed by atoms with Gasteiger partial charge in [-0.15, -0.1) is 0 Å². The highest BCUT2D eigenvalue weighted by Gasteiger charge is 2.28. The number of H-pyrrole nitrogens is 1. The van der Waals surface area contributed by atoms with Crippen molar-refractivity contribution in [2.75, 3.05) is 26.7 Å². The van der Waals surface area contributed by atoms with Crippen molar-refractivity contribution in [2.24, 2.45) is 5.92 Å². The van der Waals surface area contributed by atoms with Crippen LogP contribution in [-0.2, 0) is 0 Å². The quantitative estimate of drug-likeness (QED) is 0.722. The molecule has 3 N–H and O–H groups in total. The molecule has 0 spiro atoms. The van der Waals surface area contributed by atoms with E-state index in [2.05, 4.69) is 15.3 Å². The molecule has 1 unspecified atom stereocenters. The summed E-state index contributed by atoms with van der Waals surface area (Å²) in [7, 11) is 1.89. The van der Waals surface area contributed by atoms with E-state index in [-0.39, 0.29) is 17.3 Å². The third-order valence-electron chi connectivity index (χ3n) is 3.35. The van der Waals surface area contributed by atoms with Crippen molar-refractivity contribution in [1.82, 2.24) is 20.2 Å². The zero-order valence-corrected chi connectivity index (χ0v) is 10.8. The summed E-state index contributed by atoms with van der Waals surface area (Å²) in [6, 6.07) is 0. The lowest BCUT2D eigenvalue weighted by Crippen LogP contribution is -2.43. The van der Waals surface area contributed by atoms with Gasteiger partial charge < -0.3 is 20.3 Å². The Morgan fingerprint density at radius 1 is 1.63 bits per heavy atom. The molecular weight excluding hydrogens is 248 g/mol. The smallest absolute Gasteiger partial charge is 0.354 e. The number of aromatic nitrogens is 2. The van der Waals surface area contributed by atoms with Gasteiger partial charge in [0.05, 0.1) is 6.33 Å². The SMILES string of the molecule is CNCC1CCCN(C(=O)c2nc[nH]c2C(=O)O)C1. The van der Waals surface area contributed by atoms with Gasteiger partial charge in [-0.1, -0.05) is 0 Å². The molecule has 1 saturated heterocycles. The van der Waals surface area contributed by atoms with Crippen LogP contribution in [-0.4, -0.2) is 58.5 Å². The molecule has 0 bridgehead atoms. The van der Waals surface area contributed by atoms with Gasteiger partial charge in [0.25, 0.3) is 5.91 Å². The second kappa shape index (κ2) is 5.83. The molecule has 1 aliphatic rings. The maximum Gasteiger partial charge on any atom is 0.354 e. The number of amides is 1. The van der Waals surface area contributed by atoms with Gasteiger partial charge in [0.2, 0.25) is 0 Å². The van der Waals surface area contributed by atoms with E-state index in [1.54, 1.807) is 4.90 Å². The summed E-state index contributed by atoms with van der Waals surface area (Å²) >= 11 is 0. The molecule has 7 heteroatoms. The lowest BCUT2D eigenvalue weighted by Gasteiger charge is -2.32. The van der Waals surface area contributed by atoms with Crippen LogP contribution in [0.2, 0.25) is 0 Å². The van der Waals surface area contributed by atoms with Crippen molar-refractivity contribution >= 4 is 11.9 Å². The Labute approximate surface area is 111 Å². The average Bonchev–Trinajstić information content (AvgIpc) is 2.88. The summed E-state index contributed by atoms with van der Waals surface area (Å²) in [5.41, 5.74) is -0.140. The van der Waals surface area contributed by atoms with Crippen LogP contribution >= 0.6 is 0 Å². The first kappa shape index (κ1) is 13.5. The summed E-state index contributed by atoms with van der Waals surface area (Å²) in [5.74, 6) is -1.06. The minimum absolute atomic E-state index is 0.00222. The Bertz CT molecular complexity index is 469. The van der Waals surface area contributed by atoms with Crippen molar-refractivity contribution in [3.8, 4) is 0 Å². The number of imidazole rings is 1. The summed E-state index contributed by atoms with van der Waals surface area (Å²) in [5, 5.41) is 12.1. The molecule has 2 heterocycles. The summed E-state index contributed by atoms with van der Waals surface area (Å²) < 4.78 is 0. The van der Waals surface area contributed by atoms with Gasteiger partial charge in [0, 0.05) is 13.1 Å². The number of likely N-dealkylation sites (tertiary alicyclic amines) is 1. The van der Waals surface area contributed by atoms with Gasteiger partial charge in [-0.2, -0.15) is 0 Å². The predicted molar refractivity (Wildman–Crippen MR) is 68.1 cm³/mol. The van der Waals surface area contributed by atoms with Crippen LogP contribution in [0.1, 0.15) is 33.8 Å². The van der Waals surface area contributed by atoms with Gasteiger partial charge in [0.1, 0.15) is 0 Å². The van der Waals surface area contributed by atoms with E-state index in [1.807, 2.05) is 7.05 Å². The lowest BCUT2D eigenvalue weighted by atomic mass is 9.97. The first-order valence-corrected chi connectivity index (χ1v) is 6.34. The fraction of sp³-hybridized carbons (Fsp3) is 0.583. The monoisotopic (exact) mass is 266 g/mol. The highest BCUT2D eigenvalue weighted by Crippen LogP contribution is 2.18. The van der Waals surface area contributed by atoms with Crippen LogP contribution in [0.3, 0.4) is 0 Å². The number of carbonyl (C=O) groups is 2. The second-order valence-electron chi connectivity index (χ2n) is 4.75. The van der Waals surface area contributed by atoms with Crippen LogP contribution in [0.5, 0.6) is 0 Å². The second-order valence-corrected chi connectivity index (χ2v) is 4.75. The molecule has 104 valence electrons. The lowest BCUT2D eigenvalue weighted by molar-refractivity contribution is 0.0635. The topological polar surface area (TPSA) is 98.3 Å². The molecule has 1 aliphatic heterocycles. The van der Waals surface area contributed by atoms with Crippen LogP contribution in [0.15, 0.2) is 6.33 Å². The highest BCUT2D eigenvalue weighted by atomic mass is 16.4. The first-order chi connectivity index (χ1) is 9.13. The molecule has 0 aromatic carbocycles. The molecule has 1 aromatic heterocycles. The van der Waals surface area contributed by atoms with E-state index < -0.39 is 5.97 Å².